The molecule has 2 N–H and O–H groups in total. The number of hydrogen-bond donors (Lipinski definition) is 2. The number of likely N-dealkylation sites (N-methyl/N-ethyl adjacent to an activating group) is 2. The van der Waals surface area contributed by atoms with Crippen LogP contribution in [0.25, 0.3) is 0 Å². The van der Waals surface area contributed by atoms with Crippen LogP contribution in [0.5, 0.6) is 0 Å². The first kappa shape index (κ1) is 20.0. The first-order chi connectivity index (χ1) is 12.7. The van der Waals surface area contributed by atoms with Gasteiger partial charge >= 0.3 is 0 Å². The van der Waals surface area contributed by atoms with Crippen LogP contribution in [0.15, 0.2) is 11.3 Å². The third-order valence-electron chi connectivity index (χ3n) is 5.73. The Balaban J connectivity index is 1.91. The summed E-state index contributed by atoms with van der Waals surface area (Å²) in [6.45, 7) is 8.86. The number of nitrogens with zero attached hydrogens (tertiary/aromatic N) is 3. The van der Waals surface area contributed by atoms with Gasteiger partial charge < -0.3 is 15.2 Å². The summed E-state index contributed by atoms with van der Waals surface area (Å²) in [5.41, 5.74) is 4.27. The lowest BCUT2D eigenvalue weighted by Gasteiger charge is -2.35. The van der Waals surface area contributed by atoms with Crippen molar-refractivity contribution in [2.75, 3.05) is 20.6 Å². The van der Waals surface area contributed by atoms with E-state index in [1.165, 1.54) is 18.4 Å². The van der Waals surface area contributed by atoms with Crippen LogP contribution in [0.1, 0.15) is 62.6 Å². The van der Waals surface area contributed by atoms with Crippen molar-refractivity contribution in [2.45, 2.75) is 65.6 Å². The standard InChI is InChI=1S/C20H32BN5O/c1-20(2,3)17(15(22-4)13-8-6-7-9-13)24-18(27)16-14-12-25(5)10-11-26(14)19(21)23-16/h17,22H,6-12H2,1-5H3,(H,24,27)/t17-/m1/s1. The number of carbonyl (C=O) groups is 1. The Labute approximate surface area is 164 Å². The van der Waals surface area contributed by atoms with Crippen LogP contribution in [0.3, 0.4) is 0 Å². The van der Waals surface area contributed by atoms with Gasteiger partial charge in [0.2, 0.25) is 0 Å². The van der Waals surface area contributed by atoms with Gasteiger partial charge in [-0.3, -0.25) is 9.69 Å². The molecular weight excluding hydrogens is 337 g/mol. The Hall–Kier alpha value is -1.76. The van der Waals surface area contributed by atoms with Gasteiger partial charge in [-0.1, -0.05) is 20.8 Å². The average Bonchev–Trinajstić information content (AvgIpc) is 3.22. The molecule has 2 aliphatic rings. The highest BCUT2D eigenvalue weighted by molar-refractivity contribution is 6.29. The van der Waals surface area contributed by atoms with E-state index in [0.29, 0.717) is 18.0 Å². The van der Waals surface area contributed by atoms with Crippen molar-refractivity contribution in [3.05, 3.63) is 22.7 Å². The highest BCUT2D eigenvalue weighted by atomic mass is 16.2. The summed E-state index contributed by atoms with van der Waals surface area (Å²) >= 11 is 0. The highest BCUT2D eigenvalue weighted by Gasteiger charge is 2.34. The zero-order chi connectivity index (χ0) is 19.8. The second-order valence-corrected chi connectivity index (χ2v) is 8.90. The number of rotatable bonds is 4. The van der Waals surface area contributed by atoms with Crippen LogP contribution in [-0.4, -0.2) is 54.9 Å². The summed E-state index contributed by atoms with van der Waals surface area (Å²) in [7, 11) is 10.1. The number of aromatic nitrogens is 2. The molecule has 2 heterocycles. The fourth-order valence-electron chi connectivity index (χ4n) is 4.22. The third-order valence-corrected chi connectivity index (χ3v) is 5.73. The summed E-state index contributed by atoms with van der Waals surface area (Å²) in [5, 5.41) is 6.66. The van der Waals surface area contributed by atoms with E-state index in [-0.39, 0.29) is 17.4 Å². The van der Waals surface area contributed by atoms with E-state index in [1.807, 2.05) is 11.6 Å². The van der Waals surface area contributed by atoms with Gasteiger partial charge in [0.1, 0.15) is 5.69 Å². The maximum Gasteiger partial charge on any atom is 0.272 e. The van der Waals surface area contributed by atoms with Crippen LogP contribution in [0.2, 0.25) is 0 Å². The number of carbonyl (C=O) groups excluding carboxylic acids is 1. The lowest BCUT2D eigenvalue weighted by molar-refractivity contribution is 0.0905. The molecule has 146 valence electrons. The SMILES string of the molecule is [B]c1nc(C(=O)N[C@H](C(NC)=C2CCCC2)C(C)(C)C)c2n1CCN(C)C2. The predicted molar refractivity (Wildman–Crippen MR) is 109 cm³/mol. The lowest BCUT2D eigenvalue weighted by atomic mass is 9.82. The summed E-state index contributed by atoms with van der Waals surface area (Å²) in [6, 6.07) is -0.0944. The van der Waals surface area contributed by atoms with Crippen LogP contribution in [-0.2, 0) is 13.1 Å². The highest BCUT2D eigenvalue weighted by Crippen LogP contribution is 2.32. The smallest absolute Gasteiger partial charge is 0.272 e. The minimum Gasteiger partial charge on any atom is -0.390 e. The van der Waals surface area contributed by atoms with Crippen LogP contribution < -0.4 is 16.4 Å². The largest absolute Gasteiger partial charge is 0.390 e. The first-order valence-corrected chi connectivity index (χ1v) is 9.96. The zero-order valence-electron chi connectivity index (χ0n) is 17.4. The minimum absolute atomic E-state index is 0.0944. The quantitative estimate of drug-likeness (QED) is 0.786. The molecule has 0 aromatic carbocycles. The molecule has 0 bridgehead atoms. The molecule has 1 aromatic heterocycles. The van der Waals surface area contributed by atoms with Crippen molar-refractivity contribution in [3.63, 3.8) is 0 Å². The number of fused-ring (bicyclic) bond motifs is 1. The van der Waals surface area contributed by atoms with E-state index >= 15 is 0 Å². The Morgan fingerprint density at radius 1 is 1.22 bits per heavy atom. The number of amides is 1. The van der Waals surface area contributed by atoms with Gasteiger partial charge in [0.15, 0.2) is 7.85 Å². The molecule has 1 saturated carbocycles. The molecule has 3 rings (SSSR count). The van der Waals surface area contributed by atoms with Gasteiger partial charge in [-0.15, -0.1) is 0 Å². The fourth-order valence-corrected chi connectivity index (χ4v) is 4.22. The fraction of sp³-hybridized carbons (Fsp3) is 0.700. The van der Waals surface area contributed by atoms with Crippen LogP contribution >= 0.6 is 0 Å². The Morgan fingerprint density at radius 2 is 1.89 bits per heavy atom. The van der Waals surface area contributed by atoms with Crippen molar-refractivity contribution < 1.29 is 4.79 Å². The molecule has 2 radical (unpaired) electrons. The second kappa shape index (κ2) is 7.70. The van der Waals surface area contributed by atoms with Crippen molar-refractivity contribution in [1.82, 2.24) is 25.1 Å². The maximum atomic E-state index is 13.2. The van der Waals surface area contributed by atoms with E-state index in [9.17, 15) is 4.79 Å². The van der Waals surface area contributed by atoms with E-state index in [4.69, 9.17) is 7.85 Å². The molecule has 1 aliphatic heterocycles. The summed E-state index contributed by atoms with van der Waals surface area (Å²) in [5.74, 6) is -0.142. The number of allylic oxidation sites excluding steroid dienone is 1. The molecule has 1 amide bonds. The van der Waals surface area contributed by atoms with Gasteiger partial charge in [0.05, 0.1) is 17.5 Å². The van der Waals surface area contributed by atoms with Gasteiger partial charge in [0.25, 0.3) is 5.91 Å². The molecule has 0 saturated heterocycles. The molecule has 6 nitrogen and oxygen atoms in total. The number of imidazole rings is 1. The number of hydrogen-bond acceptors (Lipinski definition) is 4. The van der Waals surface area contributed by atoms with Gasteiger partial charge in [-0.05, 0) is 43.7 Å². The number of nitrogens with one attached hydrogen (secondary N) is 2. The molecular formula is C20H32BN5O. The molecule has 0 spiro atoms. The molecule has 1 fully saturated rings. The van der Waals surface area contributed by atoms with Crippen LogP contribution in [0.4, 0.5) is 0 Å². The van der Waals surface area contributed by atoms with Gasteiger partial charge in [-0.2, -0.15) is 0 Å². The third kappa shape index (κ3) is 4.08. The average molecular weight is 369 g/mol. The molecule has 27 heavy (non-hydrogen) atoms. The second-order valence-electron chi connectivity index (χ2n) is 8.90. The van der Waals surface area contributed by atoms with E-state index in [2.05, 4.69) is 48.3 Å². The molecule has 1 atom stereocenters. The summed E-state index contributed by atoms with van der Waals surface area (Å²) in [4.78, 5) is 19.8. The van der Waals surface area contributed by atoms with Crippen LogP contribution in [0, 0.1) is 5.41 Å². The Kier molecular flexibility index (Phi) is 5.70. The topological polar surface area (TPSA) is 62.2 Å². The minimum atomic E-state index is -0.142. The summed E-state index contributed by atoms with van der Waals surface area (Å²) < 4.78 is 1.97. The van der Waals surface area contributed by atoms with Crippen molar-refractivity contribution in [3.8, 4) is 0 Å². The molecule has 0 unspecified atom stereocenters. The molecule has 1 aliphatic carbocycles. The Bertz CT molecular complexity index is 738. The van der Waals surface area contributed by atoms with E-state index in [0.717, 1.165) is 37.3 Å². The van der Waals surface area contributed by atoms with Crippen molar-refractivity contribution in [2.24, 2.45) is 5.41 Å². The van der Waals surface area contributed by atoms with Crippen molar-refractivity contribution in [1.29, 1.82) is 0 Å². The zero-order valence-corrected chi connectivity index (χ0v) is 17.4. The van der Waals surface area contributed by atoms with Gasteiger partial charge in [0, 0.05) is 32.4 Å². The first-order valence-electron chi connectivity index (χ1n) is 9.96. The Morgan fingerprint density at radius 3 is 2.48 bits per heavy atom. The van der Waals surface area contributed by atoms with Crippen molar-refractivity contribution >= 4 is 19.5 Å². The van der Waals surface area contributed by atoms with E-state index in [1.54, 1.807) is 0 Å². The monoisotopic (exact) mass is 369 g/mol. The predicted octanol–water partition coefficient (Wildman–Crippen LogP) is 1.31. The van der Waals surface area contributed by atoms with E-state index < -0.39 is 0 Å². The maximum absolute atomic E-state index is 13.2. The normalized spacial score (nSPS) is 18.9. The van der Waals surface area contributed by atoms with Gasteiger partial charge in [-0.25, -0.2) is 4.98 Å². The lowest BCUT2D eigenvalue weighted by Crippen LogP contribution is -2.48. The molecule has 7 heteroatoms. The summed E-state index contributed by atoms with van der Waals surface area (Å²) in [6.07, 6.45) is 4.66. The molecule has 1 aromatic rings.